The van der Waals surface area contributed by atoms with Crippen LogP contribution in [0.5, 0.6) is 0 Å². The van der Waals surface area contributed by atoms with Crippen molar-refractivity contribution >= 4 is 22.6 Å². The van der Waals surface area contributed by atoms with E-state index in [1.807, 2.05) is 42.5 Å². The van der Waals surface area contributed by atoms with Crippen LogP contribution >= 0.6 is 0 Å². The normalized spacial score (nSPS) is 17.3. The number of carbonyl (C=O) groups is 1. The molecule has 168 valence electrons. The van der Waals surface area contributed by atoms with Crippen LogP contribution < -0.4 is 5.32 Å². The van der Waals surface area contributed by atoms with E-state index in [0.29, 0.717) is 12.6 Å². The molecule has 1 atom stereocenters. The van der Waals surface area contributed by atoms with Gasteiger partial charge < -0.3 is 9.64 Å². The molecule has 4 rings (SSSR count). The summed E-state index contributed by atoms with van der Waals surface area (Å²) in [6, 6.07) is 25.1. The minimum absolute atomic E-state index is 0.388. The van der Waals surface area contributed by atoms with E-state index in [4.69, 9.17) is 4.74 Å². The van der Waals surface area contributed by atoms with Crippen LogP contribution in [0.2, 0.25) is 0 Å². The molecule has 3 aromatic carbocycles. The number of fused-ring (bicyclic) bond motifs is 1. The number of amides is 1. The molecule has 0 aliphatic carbocycles. The molecule has 1 N–H and O–H groups in total. The van der Waals surface area contributed by atoms with Crippen molar-refractivity contribution in [3.8, 4) is 0 Å². The van der Waals surface area contributed by atoms with Gasteiger partial charge in [-0.1, -0.05) is 66.7 Å². The molecule has 0 aromatic heterocycles. The average molecular weight is 432 g/mol. The Hall–Kier alpha value is -2.89. The first-order chi connectivity index (χ1) is 15.7. The smallest absolute Gasteiger partial charge is 0.411 e. The number of hydrogen-bond donors (Lipinski definition) is 1. The number of piperazine rings is 1. The van der Waals surface area contributed by atoms with Crippen LogP contribution in [0, 0.1) is 0 Å². The lowest BCUT2D eigenvalue weighted by Gasteiger charge is -2.40. The maximum atomic E-state index is 12.2. The summed E-state index contributed by atoms with van der Waals surface area (Å²) in [5.74, 6) is 0. The fraction of sp³-hybridized carbons (Fsp3) is 0.370. The van der Waals surface area contributed by atoms with Crippen molar-refractivity contribution in [3.63, 3.8) is 0 Å². The van der Waals surface area contributed by atoms with Crippen LogP contribution in [0.15, 0.2) is 72.8 Å². The number of rotatable bonds is 8. The fourth-order valence-corrected chi connectivity index (χ4v) is 4.46. The zero-order valence-corrected chi connectivity index (χ0v) is 18.9. The van der Waals surface area contributed by atoms with Crippen molar-refractivity contribution in [1.82, 2.24) is 9.80 Å². The Kier molecular flexibility index (Phi) is 7.75. The summed E-state index contributed by atoms with van der Waals surface area (Å²) in [7, 11) is 0. The van der Waals surface area contributed by atoms with Crippen molar-refractivity contribution in [2.45, 2.75) is 25.8 Å². The van der Waals surface area contributed by atoms with Gasteiger partial charge in [-0.25, -0.2) is 4.79 Å². The van der Waals surface area contributed by atoms with E-state index < -0.39 is 0 Å². The molecule has 0 radical (unpaired) electrons. The number of hydrogen-bond acceptors (Lipinski definition) is 4. The summed E-state index contributed by atoms with van der Waals surface area (Å²) in [5, 5.41) is 5.00. The fourth-order valence-electron chi connectivity index (χ4n) is 4.46. The molecule has 1 heterocycles. The second kappa shape index (κ2) is 11.1. The lowest BCUT2D eigenvalue weighted by Crippen LogP contribution is -2.52. The first-order valence-electron chi connectivity index (χ1n) is 11.6. The number of carbonyl (C=O) groups excluding carboxylic acids is 1. The van der Waals surface area contributed by atoms with Crippen molar-refractivity contribution < 1.29 is 9.53 Å². The van der Waals surface area contributed by atoms with E-state index in [2.05, 4.69) is 52.4 Å². The highest BCUT2D eigenvalue weighted by molar-refractivity contribution is 6.00. The zero-order valence-electron chi connectivity index (χ0n) is 18.9. The first-order valence-corrected chi connectivity index (χ1v) is 11.6. The van der Waals surface area contributed by atoms with E-state index in [1.165, 1.54) is 5.56 Å². The van der Waals surface area contributed by atoms with Crippen molar-refractivity contribution in [3.05, 3.63) is 78.4 Å². The molecule has 32 heavy (non-hydrogen) atoms. The van der Waals surface area contributed by atoms with E-state index >= 15 is 0 Å². The minimum Gasteiger partial charge on any atom is -0.449 e. The van der Waals surface area contributed by atoms with E-state index in [1.54, 1.807) is 0 Å². The average Bonchev–Trinajstić information content (AvgIpc) is 2.82. The topological polar surface area (TPSA) is 44.8 Å². The number of nitrogens with zero attached hydrogens (tertiary/aromatic N) is 2. The molecule has 5 nitrogen and oxygen atoms in total. The molecule has 1 amide bonds. The van der Waals surface area contributed by atoms with Gasteiger partial charge in [0.15, 0.2) is 0 Å². The van der Waals surface area contributed by atoms with Gasteiger partial charge in [-0.05, 0) is 36.8 Å². The van der Waals surface area contributed by atoms with Gasteiger partial charge in [0.2, 0.25) is 0 Å². The molecule has 1 unspecified atom stereocenters. The molecule has 0 saturated carbocycles. The van der Waals surface area contributed by atoms with E-state index in [-0.39, 0.29) is 6.09 Å². The van der Waals surface area contributed by atoms with Gasteiger partial charge in [0.1, 0.15) is 0 Å². The van der Waals surface area contributed by atoms with Gasteiger partial charge in [-0.3, -0.25) is 10.2 Å². The number of nitrogens with one attached hydrogen (secondary N) is 1. The standard InChI is InChI=1S/C27H33N3O2/c1-22-21-29(18-19-30(22)17-15-23-9-3-2-4-10-23)16-8-20-32-27(31)28-26-14-7-12-24-11-5-6-13-25(24)26/h2-7,9-14,22H,8,15-21H2,1H3,(H,28,31). The second-order valence-electron chi connectivity index (χ2n) is 8.56. The monoisotopic (exact) mass is 431 g/mol. The van der Waals surface area contributed by atoms with Crippen LogP contribution in [0.25, 0.3) is 10.8 Å². The summed E-state index contributed by atoms with van der Waals surface area (Å²) >= 11 is 0. The molecular weight excluding hydrogens is 398 g/mol. The van der Waals surface area contributed by atoms with Gasteiger partial charge in [-0.15, -0.1) is 0 Å². The maximum absolute atomic E-state index is 12.2. The molecule has 0 spiro atoms. The van der Waals surface area contributed by atoms with Gasteiger partial charge in [0.25, 0.3) is 0 Å². The van der Waals surface area contributed by atoms with Gasteiger partial charge in [0, 0.05) is 44.2 Å². The highest BCUT2D eigenvalue weighted by atomic mass is 16.5. The Morgan fingerprint density at radius 1 is 0.969 bits per heavy atom. The molecule has 3 aromatic rings. The summed E-state index contributed by atoms with van der Waals surface area (Å²) in [4.78, 5) is 17.3. The van der Waals surface area contributed by atoms with Crippen molar-refractivity contribution in [2.24, 2.45) is 0 Å². The number of benzene rings is 3. The van der Waals surface area contributed by atoms with Crippen molar-refractivity contribution in [2.75, 3.05) is 44.6 Å². The Balaban J connectivity index is 1.14. The van der Waals surface area contributed by atoms with Gasteiger partial charge in [-0.2, -0.15) is 0 Å². The highest BCUT2D eigenvalue weighted by Crippen LogP contribution is 2.23. The number of anilines is 1. The van der Waals surface area contributed by atoms with Crippen molar-refractivity contribution in [1.29, 1.82) is 0 Å². The summed E-state index contributed by atoms with van der Waals surface area (Å²) in [5.41, 5.74) is 2.19. The second-order valence-corrected chi connectivity index (χ2v) is 8.56. The molecule has 1 aliphatic heterocycles. The highest BCUT2D eigenvalue weighted by Gasteiger charge is 2.23. The predicted octanol–water partition coefficient (Wildman–Crippen LogP) is 5.03. The molecule has 5 heteroatoms. The van der Waals surface area contributed by atoms with Gasteiger partial charge >= 0.3 is 6.09 Å². The summed E-state index contributed by atoms with van der Waals surface area (Å²) < 4.78 is 5.43. The Morgan fingerprint density at radius 2 is 1.75 bits per heavy atom. The molecule has 0 bridgehead atoms. The van der Waals surface area contributed by atoms with Crippen LogP contribution in [0.3, 0.4) is 0 Å². The largest absolute Gasteiger partial charge is 0.449 e. The van der Waals surface area contributed by atoms with Gasteiger partial charge in [0.05, 0.1) is 12.3 Å². The molecule has 1 aliphatic rings. The Morgan fingerprint density at radius 3 is 2.59 bits per heavy atom. The maximum Gasteiger partial charge on any atom is 0.411 e. The van der Waals surface area contributed by atoms with Crippen LogP contribution in [0.4, 0.5) is 10.5 Å². The minimum atomic E-state index is -0.388. The number of ether oxygens (including phenoxy) is 1. The quantitative estimate of drug-likeness (QED) is 0.508. The van der Waals surface area contributed by atoms with Crippen LogP contribution in [0.1, 0.15) is 18.9 Å². The first kappa shape index (κ1) is 22.3. The summed E-state index contributed by atoms with van der Waals surface area (Å²) in [6.07, 6.45) is 1.56. The lowest BCUT2D eigenvalue weighted by molar-refractivity contribution is 0.0781. The third-order valence-corrected chi connectivity index (χ3v) is 6.26. The molecule has 1 saturated heterocycles. The Labute approximate surface area is 191 Å². The third kappa shape index (κ3) is 6.09. The summed E-state index contributed by atoms with van der Waals surface area (Å²) in [6.45, 7) is 8.04. The van der Waals surface area contributed by atoms with E-state index in [0.717, 1.165) is 62.0 Å². The SMILES string of the molecule is CC1CN(CCCOC(=O)Nc2cccc3ccccc23)CCN1CCc1ccccc1. The Bertz CT molecular complexity index is 1000. The predicted molar refractivity (Wildman–Crippen MR) is 131 cm³/mol. The van der Waals surface area contributed by atoms with Crippen LogP contribution in [-0.4, -0.2) is 61.3 Å². The zero-order chi connectivity index (χ0) is 22.2. The molecule has 1 fully saturated rings. The molecular formula is C27H33N3O2. The third-order valence-electron chi connectivity index (χ3n) is 6.26. The van der Waals surface area contributed by atoms with E-state index in [9.17, 15) is 4.79 Å². The van der Waals surface area contributed by atoms with Crippen LogP contribution in [-0.2, 0) is 11.2 Å². The lowest BCUT2D eigenvalue weighted by atomic mass is 10.1.